The Labute approximate surface area is 131 Å². The van der Waals surface area contributed by atoms with Crippen LogP contribution >= 0.6 is 0 Å². The molecule has 0 spiro atoms. The summed E-state index contributed by atoms with van der Waals surface area (Å²) in [7, 11) is -1.68. The van der Waals surface area contributed by atoms with E-state index in [2.05, 4.69) is 5.32 Å². The molecule has 0 radical (unpaired) electrons. The van der Waals surface area contributed by atoms with E-state index in [4.69, 9.17) is 4.74 Å². The first-order chi connectivity index (χ1) is 10.4. The second-order valence-electron chi connectivity index (χ2n) is 5.92. The summed E-state index contributed by atoms with van der Waals surface area (Å²) in [6, 6.07) is -0.558. The Hall–Kier alpha value is -1.15. The molecular formula is C14H24N2O5S. The Balaban J connectivity index is 2.00. The number of hydrogen-bond donors (Lipinski definition) is 1. The first kappa shape index (κ1) is 17.2. The fourth-order valence-electron chi connectivity index (χ4n) is 3.04. The third-order valence-corrected chi connectivity index (χ3v) is 6.06. The molecule has 0 aromatic rings. The molecule has 2 amide bonds. The van der Waals surface area contributed by atoms with Gasteiger partial charge in [0.15, 0.2) is 9.84 Å². The lowest BCUT2D eigenvalue weighted by Gasteiger charge is -2.41. The van der Waals surface area contributed by atoms with Crippen LogP contribution in [0.15, 0.2) is 0 Å². The molecule has 2 fully saturated rings. The van der Waals surface area contributed by atoms with Crippen LogP contribution < -0.4 is 5.32 Å². The predicted molar refractivity (Wildman–Crippen MR) is 81.0 cm³/mol. The van der Waals surface area contributed by atoms with Crippen LogP contribution in [-0.4, -0.2) is 69.0 Å². The van der Waals surface area contributed by atoms with E-state index in [1.54, 1.807) is 4.90 Å². The van der Waals surface area contributed by atoms with Gasteiger partial charge in [-0.3, -0.25) is 9.59 Å². The highest BCUT2D eigenvalue weighted by atomic mass is 32.2. The number of nitrogens with zero attached hydrogens (tertiary/aromatic N) is 1. The van der Waals surface area contributed by atoms with Gasteiger partial charge in [0.05, 0.1) is 23.7 Å². The van der Waals surface area contributed by atoms with Crippen molar-refractivity contribution in [2.75, 3.05) is 31.7 Å². The van der Waals surface area contributed by atoms with Gasteiger partial charge in [0.2, 0.25) is 11.8 Å². The summed E-state index contributed by atoms with van der Waals surface area (Å²) in [5, 5.41) is 2.49. The Morgan fingerprint density at radius 2 is 2.00 bits per heavy atom. The largest absolute Gasteiger partial charge is 0.378 e. The van der Waals surface area contributed by atoms with Crippen molar-refractivity contribution in [2.24, 2.45) is 5.92 Å². The smallest absolute Gasteiger partial charge is 0.226 e. The van der Waals surface area contributed by atoms with Crippen LogP contribution in [0.25, 0.3) is 0 Å². The molecule has 1 aliphatic carbocycles. The van der Waals surface area contributed by atoms with Gasteiger partial charge in [-0.15, -0.1) is 0 Å². The molecule has 2 aliphatic rings. The highest BCUT2D eigenvalue weighted by Gasteiger charge is 2.42. The third kappa shape index (κ3) is 3.98. The predicted octanol–water partition coefficient (Wildman–Crippen LogP) is -0.437. The van der Waals surface area contributed by atoms with Gasteiger partial charge < -0.3 is 15.0 Å². The average molecular weight is 332 g/mol. The molecule has 0 aromatic heterocycles. The zero-order valence-electron chi connectivity index (χ0n) is 13.1. The molecule has 1 unspecified atom stereocenters. The number of ether oxygens (including phenoxy) is 1. The lowest BCUT2D eigenvalue weighted by Crippen LogP contribution is -2.56. The molecule has 0 aromatic carbocycles. The van der Waals surface area contributed by atoms with Crippen molar-refractivity contribution in [1.82, 2.24) is 10.2 Å². The van der Waals surface area contributed by atoms with E-state index < -0.39 is 15.9 Å². The standard InChI is InChI=1S/C14H24N2O5S/c1-3-21-12-6-10(7-12)14(18)16-4-5-22(19,20)9-11(16)8-13(17)15-2/h10-12H,3-9H2,1-2H3,(H,15,17). The zero-order valence-corrected chi connectivity index (χ0v) is 13.9. The van der Waals surface area contributed by atoms with Gasteiger partial charge in [-0.1, -0.05) is 0 Å². The van der Waals surface area contributed by atoms with E-state index in [0.29, 0.717) is 19.4 Å². The Morgan fingerprint density at radius 1 is 1.32 bits per heavy atom. The molecule has 22 heavy (non-hydrogen) atoms. The highest BCUT2D eigenvalue weighted by molar-refractivity contribution is 7.91. The second kappa shape index (κ2) is 6.95. The maximum atomic E-state index is 12.6. The van der Waals surface area contributed by atoms with Crippen LogP contribution in [0.4, 0.5) is 0 Å². The molecule has 126 valence electrons. The normalized spacial score (nSPS) is 30.5. The molecule has 0 bridgehead atoms. The average Bonchev–Trinajstić information content (AvgIpc) is 2.40. The number of carbonyl (C=O) groups is 2. The first-order valence-electron chi connectivity index (χ1n) is 7.69. The van der Waals surface area contributed by atoms with Gasteiger partial charge in [-0.25, -0.2) is 8.42 Å². The lowest BCUT2D eigenvalue weighted by atomic mass is 9.81. The molecule has 1 heterocycles. The molecule has 1 saturated carbocycles. The number of amides is 2. The van der Waals surface area contributed by atoms with Gasteiger partial charge >= 0.3 is 0 Å². The fraction of sp³-hybridized carbons (Fsp3) is 0.857. The monoisotopic (exact) mass is 332 g/mol. The van der Waals surface area contributed by atoms with Crippen LogP contribution in [0.5, 0.6) is 0 Å². The maximum absolute atomic E-state index is 12.6. The van der Waals surface area contributed by atoms with Crippen molar-refractivity contribution in [1.29, 1.82) is 0 Å². The van der Waals surface area contributed by atoms with Gasteiger partial charge in [0.1, 0.15) is 0 Å². The van der Waals surface area contributed by atoms with Gasteiger partial charge in [-0.2, -0.15) is 0 Å². The van der Waals surface area contributed by atoms with Crippen molar-refractivity contribution >= 4 is 21.7 Å². The SMILES string of the molecule is CCOC1CC(C(=O)N2CCS(=O)(=O)CC2CC(=O)NC)C1. The van der Waals surface area contributed by atoms with Crippen molar-refractivity contribution in [3.63, 3.8) is 0 Å². The van der Waals surface area contributed by atoms with Crippen molar-refractivity contribution in [3.8, 4) is 0 Å². The molecule has 7 nitrogen and oxygen atoms in total. The summed E-state index contributed by atoms with van der Waals surface area (Å²) in [5.41, 5.74) is 0. The highest BCUT2D eigenvalue weighted by Crippen LogP contribution is 2.33. The number of sulfone groups is 1. The quantitative estimate of drug-likeness (QED) is 0.737. The number of hydrogen-bond acceptors (Lipinski definition) is 5. The molecule has 8 heteroatoms. The summed E-state index contributed by atoms with van der Waals surface area (Å²) >= 11 is 0. The topological polar surface area (TPSA) is 92.8 Å². The van der Waals surface area contributed by atoms with Gasteiger partial charge in [0, 0.05) is 32.5 Å². The summed E-state index contributed by atoms with van der Waals surface area (Å²) < 4.78 is 29.1. The summed E-state index contributed by atoms with van der Waals surface area (Å²) in [6.45, 7) is 2.73. The molecular weight excluding hydrogens is 308 g/mol. The number of carbonyl (C=O) groups excluding carboxylic acids is 2. The first-order valence-corrected chi connectivity index (χ1v) is 9.51. The van der Waals surface area contributed by atoms with Crippen LogP contribution in [0.3, 0.4) is 0 Å². The summed E-state index contributed by atoms with van der Waals surface area (Å²) in [5.74, 6) is -0.553. The number of rotatable bonds is 5. The summed E-state index contributed by atoms with van der Waals surface area (Å²) in [4.78, 5) is 25.7. The lowest BCUT2D eigenvalue weighted by molar-refractivity contribution is -0.147. The Morgan fingerprint density at radius 3 is 2.59 bits per heavy atom. The maximum Gasteiger partial charge on any atom is 0.226 e. The molecule has 2 rings (SSSR count). The van der Waals surface area contributed by atoms with E-state index in [9.17, 15) is 18.0 Å². The Kier molecular flexibility index (Phi) is 5.44. The van der Waals surface area contributed by atoms with Gasteiger partial charge in [-0.05, 0) is 19.8 Å². The molecule has 1 saturated heterocycles. The third-order valence-electron chi connectivity index (χ3n) is 4.36. The van der Waals surface area contributed by atoms with Crippen molar-refractivity contribution in [3.05, 3.63) is 0 Å². The van der Waals surface area contributed by atoms with Crippen molar-refractivity contribution < 1.29 is 22.7 Å². The second-order valence-corrected chi connectivity index (χ2v) is 8.15. The minimum absolute atomic E-state index is 0.0232. The van der Waals surface area contributed by atoms with E-state index in [-0.39, 0.29) is 48.3 Å². The van der Waals surface area contributed by atoms with Gasteiger partial charge in [0.25, 0.3) is 0 Å². The van der Waals surface area contributed by atoms with E-state index in [1.807, 2.05) is 6.92 Å². The van der Waals surface area contributed by atoms with Crippen LogP contribution in [0.1, 0.15) is 26.2 Å². The zero-order chi connectivity index (χ0) is 16.3. The van der Waals surface area contributed by atoms with E-state index in [0.717, 1.165) is 0 Å². The molecule has 1 aliphatic heterocycles. The van der Waals surface area contributed by atoms with Crippen molar-refractivity contribution in [2.45, 2.75) is 38.3 Å². The van der Waals surface area contributed by atoms with Crippen LogP contribution in [0, 0.1) is 5.92 Å². The summed E-state index contributed by atoms with van der Waals surface area (Å²) in [6.07, 6.45) is 1.53. The van der Waals surface area contributed by atoms with Crippen LogP contribution in [-0.2, 0) is 24.2 Å². The number of nitrogens with one attached hydrogen (secondary N) is 1. The van der Waals surface area contributed by atoms with Crippen LogP contribution in [0.2, 0.25) is 0 Å². The van der Waals surface area contributed by atoms with E-state index in [1.165, 1.54) is 7.05 Å². The minimum atomic E-state index is -3.18. The van der Waals surface area contributed by atoms with E-state index >= 15 is 0 Å². The Bertz CT molecular complexity index is 527. The minimum Gasteiger partial charge on any atom is -0.378 e. The molecule has 1 atom stereocenters. The fourth-order valence-corrected chi connectivity index (χ4v) is 4.56. The molecule has 1 N–H and O–H groups in total.